The molecule has 1 saturated heterocycles. The predicted molar refractivity (Wildman–Crippen MR) is 88.6 cm³/mol. The molecular weight excluding hydrogens is 282 g/mol. The first-order valence-corrected chi connectivity index (χ1v) is 8.27. The summed E-state index contributed by atoms with van der Waals surface area (Å²) in [6.07, 6.45) is 0. The van der Waals surface area contributed by atoms with E-state index in [0.717, 1.165) is 44.1 Å². The molecule has 0 unspecified atom stereocenters. The van der Waals surface area contributed by atoms with Crippen LogP contribution in [0.1, 0.15) is 9.75 Å². The quantitative estimate of drug-likeness (QED) is 0.814. The first-order chi connectivity index (χ1) is 10.2. The van der Waals surface area contributed by atoms with Gasteiger partial charge in [0, 0.05) is 50.7 Å². The lowest BCUT2D eigenvalue weighted by Gasteiger charge is -2.34. The lowest BCUT2D eigenvalue weighted by atomic mass is 10.3. The molecular formula is C16H25N3OS. The molecule has 2 rings (SSSR count). The van der Waals surface area contributed by atoms with Crippen molar-refractivity contribution < 1.29 is 5.11 Å². The summed E-state index contributed by atoms with van der Waals surface area (Å²) in [4.78, 5) is 9.71. The molecule has 2 heterocycles. The molecule has 5 heteroatoms. The molecule has 1 aromatic rings. The van der Waals surface area contributed by atoms with Crippen LogP contribution < -0.4 is 0 Å². The van der Waals surface area contributed by atoms with Gasteiger partial charge in [0.1, 0.15) is 6.61 Å². The number of rotatable bonds is 5. The molecule has 0 atom stereocenters. The first kappa shape index (κ1) is 16.5. The molecule has 0 amide bonds. The topological polar surface area (TPSA) is 30.0 Å². The zero-order chi connectivity index (χ0) is 15.1. The number of nitrogens with zero attached hydrogens (tertiary/aromatic N) is 3. The zero-order valence-electron chi connectivity index (χ0n) is 13.0. The summed E-state index contributed by atoms with van der Waals surface area (Å²) in [5.41, 5.74) is 0. The Labute approximate surface area is 132 Å². The monoisotopic (exact) mass is 307 g/mol. The summed E-state index contributed by atoms with van der Waals surface area (Å²) in [5, 5.41) is 8.71. The van der Waals surface area contributed by atoms with Gasteiger partial charge in [-0.25, -0.2) is 0 Å². The standard InChI is InChI=1S/C16H25N3OS/c1-17(2)7-8-18-9-11-19(12-10-18)14-16-6-5-15(21-16)4-3-13-20/h5-6,20H,7-14H2,1-2H3. The van der Waals surface area contributed by atoms with E-state index in [0.29, 0.717) is 0 Å². The fourth-order valence-electron chi connectivity index (χ4n) is 2.39. The van der Waals surface area contributed by atoms with E-state index >= 15 is 0 Å². The molecule has 1 aliphatic rings. The minimum absolute atomic E-state index is 0.0673. The molecule has 0 saturated carbocycles. The number of piperazine rings is 1. The maximum Gasteiger partial charge on any atom is 0.104 e. The number of likely N-dealkylation sites (N-methyl/N-ethyl adjacent to an activating group) is 1. The molecule has 0 bridgehead atoms. The Morgan fingerprint density at radius 2 is 1.90 bits per heavy atom. The van der Waals surface area contributed by atoms with E-state index in [9.17, 15) is 0 Å². The van der Waals surface area contributed by atoms with Crippen LogP contribution in [0, 0.1) is 11.8 Å². The SMILES string of the molecule is CN(C)CCN1CCN(Cc2ccc(C#CCO)s2)CC1. The van der Waals surface area contributed by atoms with Crippen LogP contribution in [-0.4, -0.2) is 79.8 Å². The highest BCUT2D eigenvalue weighted by molar-refractivity contribution is 7.12. The fourth-order valence-corrected chi connectivity index (χ4v) is 3.31. The molecule has 0 aliphatic carbocycles. The number of thiophene rings is 1. The number of hydrogen-bond donors (Lipinski definition) is 1. The van der Waals surface area contributed by atoms with Crippen molar-refractivity contribution >= 4 is 11.3 Å². The van der Waals surface area contributed by atoms with Crippen LogP contribution in [0.25, 0.3) is 0 Å². The van der Waals surface area contributed by atoms with E-state index in [1.54, 1.807) is 11.3 Å². The van der Waals surface area contributed by atoms with Crippen molar-refractivity contribution in [2.45, 2.75) is 6.54 Å². The van der Waals surface area contributed by atoms with Gasteiger partial charge in [0.05, 0.1) is 4.88 Å². The summed E-state index contributed by atoms with van der Waals surface area (Å²) in [7, 11) is 4.26. The Hall–Kier alpha value is -0.900. The molecule has 0 aromatic carbocycles. The number of hydrogen-bond acceptors (Lipinski definition) is 5. The second-order valence-corrected chi connectivity index (χ2v) is 6.82. The van der Waals surface area contributed by atoms with Gasteiger partial charge in [0.2, 0.25) is 0 Å². The third kappa shape index (κ3) is 5.77. The normalized spacial score (nSPS) is 17.0. The van der Waals surface area contributed by atoms with E-state index in [-0.39, 0.29) is 6.61 Å². The van der Waals surface area contributed by atoms with E-state index in [1.807, 2.05) is 0 Å². The van der Waals surface area contributed by atoms with Crippen LogP contribution in [-0.2, 0) is 6.54 Å². The molecule has 1 N–H and O–H groups in total. The average Bonchev–Trinajstić information content (AvgIpc) is 2.92. The Kier molecular flexibility index (Phi) is 6.68. The summed E-state index contributed by atoms with van der Waals surface area (Å²) in [5.74, 6) is 5.68. The lowest BCUT2D eigenvalue weighted by molar-refractivity contribution is 0.121. The summed E-state index contributed by atoms with van der Waals surface area (Å²) in [6.45, 7) is 7.87. The second-order valence-electron chi connectivity index (χ2n) is 5.65. The molecule has 1 aliphatic heterocycles. The third-order valence-corrected chi connectivity index (χ3v) is 4.65. The average molecular weight is 307 g/mol. The van der Waals surface area contributed by atoms with Crippen LogP contribution in [0.4, 0.5) is 0 Å². The maximum absolute atomic E-state index is 8.71. The van der Waals surface area contributed by atoms with Gasteiger partial charge in [-0.1, -0.05) is 11.8 Å². The van der Waals surface area contributed by atoms with Gasteiger partial charge in [-0.05, 0) is 26.2 Å². The minimum atomic E-state index is -0.0673. The maximum atomic E-state index is 8.71. The smallest absolute Gasteiger partial charge is 0.104 e. The first-order valence-electron chi connectivity index (χ1n) is 7.45. The highest BCUT2D eigenvalue weighted by Crippen LogP contribution is 2.18. The van der Waals surface area contributed by atoms with E-state index in [2.05, 4.69) is 52.8 Å². The van der Waals surface area contributed by atoms with E-state index < -0.39 is 0 Å². The molecule has 0 spiro atoms. The summed E-state index contributed by atoms with van der Waals surface area (Å²) in [6, 6.07) is 4.21. The Balaban J connectivity index is 1.74. The molecule has 4 nitrogen and oxygen atoms in total. The van der Waals surface area contributed by atoms with Gasteiger partial charge in [0.15, 0.2) is 0 Å². The van der Waals surface area contributed by atoms with Crippen LogP contribution in [0.15, 0.2) is 12.1 Å². The largest absolute Gasteiger partial charge is 0.384 e. The van der Waals surface area contributed by atoms with Crippen molar-refractivity contribution in [2.75, 3.05) is 60.0 Å². The Bertz CT molecular complexity index is 481. The predicted octanol–water partition coefficient (Wildman–Crippen LogP) is 0.771. The summed E-state index contributed by atoms with van der Waals surface area (Å²) >= 11 is 1.73. The van der Waals surface area contributed by atoms with Gasteiger partial charge < -0.3 is 10.0 Å². The van der Waals surface area contributed by atoms with Gasteiger partial charge >= 0.3 is 0 Å². The molecule has 0 radical (unpaired) electrons. The second kappa shape index (κ2) is 8.52. The molecule has 116 valence electrons. The van der Waals surface area contributed by atoms with Crippen molar-refractivity contribution in [1.82, 2.24) is 14.7 Å². The van der Waals surface area contributed by atoms with Crippen LogP contribution >= 0.6 is 11.3 Å². The Morgan fingerprint density at radius 3 is 2.57 bits per heavy atom. The molecule has 1 aromatic heterocycles. The van der Waals surface area contributed by atoms with Crippen molar-refractivity contribution in [3.05, 3.63) is 21.9 Å². The third-order valence-electron chi connectivity index (χ3n) is 3.66. The van der Waals surface area contributed by atoms with Crippen LogP contribution in [0.5, 0.6) is 0 Å². The van der Waals surface area contributed by atoms with Crippen molar-refractivity contribution in [3.63, 3.8) is 0 Å². The van der Waals surface area contributed by atoms with Crippen LogP contribution in [0.2, 0.25) is 0 Å². The van der Waals surface area contributed by atoms with Gasteiger partial charge in [0.25, 0.3) is 0 Å². The Morgan fingerprint density at radius 1 is 1.19 bits per heavy atom. The zero-order valence-corrected chi connectivity index (χ0v) is 13.8. The van der Waals surface area contributed by atoms with Crippen molar-refractivity contribution in [2.24, 2.45) is 0 Å². The van der Waals surface area contributed by atoms with Gasteiger partial charge in [-0.15, -0.1) is 11.3 Å². The molecule has 1 fully saturated rings. The fraction of sp³-hybridized carbons (Fsp3) is 0.625. The van der Waals surface area contributed by atoms with E-state index in [1.165, 1.54) is 11.4 Å². The number of aliphatic hydroxyl groups excluding tert-OH is 1. The van der Waals surface area contributed by atoms with Gasteiger partial charge in [-0.3, -0.25) is 9.80 Å². The van der Waals surface area contributed by atoms with Crippen molar-refractivity contribution in [1.29, 1.82) is 0 Å². The van der Waals surface area contributed by atoms with Gasteiger partial charge in [-0.2, -0.15) is 0 Å². The highest BCUT2D eigenvalue weighted by atomic mass is 32.1. The van der Waals surface area contributed by atoms with E-state index in [4.69, 9.17) is 5.11 Å². The summed E-state index contributed by atoms with van der Waals surface area (Å²) < 4.78 is 0. The number of aliphatic hydroxyl groups is 1. The van der Waals surface area contributed by atoms with Crippen LogP contribution in [0.3, 0.4) is 0 Å². The molecule has 21 heavy (non-hydrogen) atoms. The van der Waals surface area contributed by atoms with Crippen molar-refractivity contribution in [3.8, 4) is 11.8 Å². The lowest BCUT2D eigenvalue weighted by Crippen LogP contribution is -2.47. The minimum Gasteiger partial charge on any atom is -0.384 e. The highest BCUT2D eigenvalue weighted by Gasteiger charge is 2.17.